The highest BCUT2D eigenvalue weighted by atomic mass is 32.2. The monoisotopic (exact) mass is 399 g/mol. The van der Waals surface area contributed by atoms with Gasteiger partial charge in [0, 0.05) is 30.6 Å². The van der Waals surface area contributed by atoms with Crippen LogP contribution in [0.25, 0.3) is 0 Å². The van der Waals surface area contributed by atoms with Gasteiger partial charge >= 0.3 is 15.6 Å². The molecule has 2 aromatic rings. The number of alkyl halides is 3. The summed E-state index contributed by atoms with van der Waals surface area (Å²) in [6.07, 6.45) is 1.24. The van der Waals surface area contributed by atoms with Gasteiger partial charge < -0.3 is 9.08 Å². The van der Waals surface area contributed by atoms with E-state index in [1.807, 2.05) is 0 Å². The van der Waals surface area contributed by atoms with Gasteiger partial charge in [-0.05, 0) is 30.2 Å². The Labute approximate surface area is 154 Å². The Hall–Kier alpha value is -2.55. The van der Waals surface area contributed by atoms with Gasteiger partial charge in [0.15, 0.2) is 0 Å². The zero-order valence-electron chi connectivity index (χ0n) is 14.1. The average molecular weight is 399 g/mol. The van der Waals surface area contributed by atoms with E-state index in [1.54, 1.807) is 30.3 Å². The van der Waals surface area contributed by atoms with Crippen molar-refractivity contribution in [3.8, 4) is 5.75 Å². The lowest BCUT2D eigenvalue weighted by molar-refractivity contribution is -0.117. The molecule has 0 N–H and O–H groups in total. The van der Waals surface area contributed by atoms with Crippen LogP contribution in [0.1, 0.15) is 24.0 Å². The normalized spacial score (nSPS) is 15.2. The highest BCUT2D eigenvalue weighted by Gasteiger charge is 2.48. The van der Waals surface area contributed by atoms with E-state index in [1.165, 1.54) is 17.0 Å². The van der Waals surface area contributed by atoms with Crippen molar-refractivity contribution in [3.05, 3.63) is 59.7 Å². The van der Waals surface area contributed by atoms with Gasteiger partial charge in [0.1, 0.15) is 5.75 Å². The summed E-state index contributed by atoms with van der Waals surface area (Å²) < 4.78 is 65.2. The third kappa shape index (κ3) is 4.24. The molecule has 0 unspecified atom stereocenters. The zero-order valence-corrected chi connectivity index (χ0v) is 14.9. The summed E-state index contributed by atoms with van der Waals surface area (Å²) in [6, 6.07) is 12.9. The molecule has 0 bridgehead atoms. The van der Waals surface area contributed by atoms with Crippen molar-refractivity contribution >= 4 is 21.7 Å². The summed E-state index contributed by atoms with van der Waals surface area (Å²) >= 11 is 0. The van der Waals surface area contributed by atoms with Crippen molar-refractivity contribution < 1.29 is 30.6 Å². The molecule has 9 heteroatoms. The SMILES string of the molecule is O=C1CCCN1c1ccc(OS(=O)(=O)C(F)(F)F)c(Cc2ccccc2)c1. The molecule has 1 fully saturated rings. The van der Waals surface area contributed by atoms with Crippen LogP contribution in [0.15, 0.2) is 48.5 Å². The topological polar surface area (TPSA) is 63.7 Å². The molecule has 0 aliphatic carbocycles. The molecule has 1 aliphatic rings. The second kappa shape index (κ2) is 7.22. The van der Waals surface area contributed by atoms with Gasteiger partial charge in [-0.25, -0.2) is 0 Å². The first-order valence-corrected chi connectivity index (χ1v) is 9.56. The fourth-order valence-electron chi connectivity index (χ4n) is 2.86. The quantitative estimate of drug-likeness (QED) is 0.569. The minimum atomic E-state index is -5.79. The first kappa shape index (κ1) is 19.2. The van der Waals surface area contributed by atoms with Crippen LogP contribution in [0.5, 0.6) is 5.75 Å². The Balaban J connectivity index is 2.00. The predicted octanol–water partition coefficient (Wildman–Crippen LogP) is 3.63. The van der Waals surface area contributed by atoms with E-state index in [4.69, 9.17) is 0 Å². The van der Waals surface area contributed by atoms with Gasteiger partial charge in [-0.3, -0.25) is 4.79 Å². The Morgan fingerprint density at radius 1 is 1.07 bits per heavy atom. The van der Waals surface area contributed by atoms with Crippen molar-refractivity contribution in [2.45, 2.75) is 24.8 Å². The van der Waals surface area contributed by atoms with E-state index in [9.17, 15) is 26.4 Å². The maximum Gasteiger partial charge on any atom is 0.534 e. The van der Waals surface area contributed by atoms with Gasteiger partial charge in [-0.2, -0.15) is 21.6 Å². The van der Waals surface area contributed by atoms with Crippen LogP contribution in [-0.2, 0) is 21.3 Å². The standard InChI is InChI=1S/C18H16F3NO4S/c19-18(20,21)27(24,25)26-16-9-8-15(22-10-4-7-17(22)23)12-14(16)11-13-5-2-1-3-6-13/h1-3,5-6,8-9,12H,4,7,10-11H2. The van der Waals surface area contributed by atoms with E-state index >= 15 is 0 Å². The van der Waals surface area contributed by atoms with Crippen molar-refractivity contribution in [3.63, 3.8) is 0 Å². The van der Waals surface area contributed by atoms with E-state index in [0.717, 1.165) is 11.6 Å². The fourth-order valence-corrected chi connectivity index (χ4v) is 3.35. The Morgan fingerprint density at radius 3 is 2.37 bits per heavy atom. The largest absolute Gasteiger partial charge is 0.534 e. The molecule has 0 saturated carbocycles. The summed E-state index contributed by atoms with van der Waals surface area (Å²) in [4.78, 5) is 13.5. The van der Waals surface area contributed by atoms with E-state index < -0.39 is 21.4 Å². The summed E-state index contributed by atoms with van der Waals surface area (Å²) in [5.74, 6) is -0.496. The highest BCUT2D eigenvalue weighted by molar-refractivity contribution is 7.88. The number of hydrogen-bond donors (Lipinski definition) is 0. The second-order valence-corrected chi connectivity index (χ2v) is 7.62. The number of amides is 1. The number of benzene rings is 2. The van der Waals surface area contributed by atoms with Crippen LogP contribution in [0, 0.1) is 0 Å². The molecule has 0 aromatic heterocycles. The molecule has 0 radical (unpaired) electrons. The smallest absolute Gasteiger partial charge is 0.376 e. The molecule has 1 amide bonds. The molecule has 0 atom stereocenters. The molecule has 2 aromatic carbocycles. The maximum atomic E-state index is 12.7. The Morgan fingerprint density at radius 2 is 1.78 bits per heavy atom. The van der Waals surface area contributed by atoms with Crippen molar-refractivity contribution in [1.82, 2.24) is 0 Å². The average Bonchev–Trinajstić information content (AvgIpc) is 3.02. The molecule has 0 spiro atoms. The van der Waals surface area contributed by atoms with Gasteiger partial charge in [-0.1, -0.05) is 30.3 Å². The highest BCUT2D eigenvalue weighted by Crippen LogP contribution is 2.33. The van der Waals surface area contributed by atoms with Crippen LogP contribution in [-0.4, -0.2) is 26.4 Å². The molecule has 1 heterocycles. The Kier molecular flexibility index (Phi) is 5.14. The molecular weight excluding hydrogens is 383 g/mol. The lowest BCUT2D eigenvalue weighted by Crippen LogP contribution is -2.28. The molecular formula is C18H16F3NO4S. The van der Waals surface area contributed by atoms with Crippen LogP contribution in [0.2, 0.25) is 0 Å². The molecule has 144 valence electrons. The van der Waals surface area contributed by atoms with Gasteiger partial charge in [-0.15, -0.1) is 0 Å². The number of hydrogen-bond acceptors (Lipinski definition) is 4. The van der Waals surface area contributed by atoms with Crippen molar-refractivity contribution in [2.24, 2.45) is 0 Å². The van der Waals surface area contributed by atoms with Gasteiger partial charge in [0.25, 0.3) is 0 Å². The number of carbonyl (C=O) groups excluding carboxylic acids is 1. The van der Waals surface area contributed by atoms with Gasteiger partial charge in [0.05, 0.1) is 0 Å². The molecule has 1 aliphatic heterocycles. The predicted molar refractivity (Wildman–Crippen MR) is 92.9 cm³/mol. The number of halogens is 3. The number of anilines is 1. The van der Waals surface area contributed by atoms with E-state index in [0.29, 0.717) is 25.1 Å². The summed E-state index contributed by atoms with van der Waals surface area (Å²) in [6.45, 7) is 0.505. The number of nitrogens with zero attached hydrogens (tertiary/aromatic N) is 1. The summed E-state index contributed by atoms with van der Waals surface area (Å²) in [5, 5.41) is 0. The minimum Gasteiger partial charge on any atom is -0.376 e. The molecule has 27 heavy (non-hydrogen) atoms. The lowest BCUT2D eigenvalue weighted by atomic mass is 10.0. The number of rotatable bonds is 5. The Bertz CT molecular complexity index is 943. The summed E-state index contributed by atoms with van der Waals surface area (Å²) in [5.41, 5.74) is -4.02. The molecule has 1 saturated heterocycles. The van der Waals surface area contributed by atoms with Crippen LogP contribution in [0.3, 0.4) is 0 Å². The third-order valence-corrected chi connectivity index (χ3v) is 5.12. The second-order valence-electron chi connectivity index (χ2n) is 6.09. The van der Waals surface area contributed by atoms with Gasteiger partial charge in [0.2, 0.25) is 5.91 Å². The maximum absolute atomic E-state index is 12.7. The van der Waals surface area contributed by atoms with Crippen LogP contribution < -0.4 is 9.08 Å². The van der Waals surface area contributed by atoms with Crippen LogP contribution in [0.4, 0.5) is 18.9 Å². The van der Waals surface area contributed by atoms with E-state index in [-0.39, 0.29) is 17.9 Å². The first-order valence-electron chi connectivity index (χ1n) is 8.15. The van der Waals surface area contributed by atoms with Crippen molar-refractivity contribution in [1.29, 1.82) is 0 Å². The van der Waals surface area contributed by atoms with E-state index in [2.05, 4.69) is 4.18 Å². The number of carbonyl (C=O) groups is 1. The summed E-state index contributed by atoms with van der Waals surface area (Å²) in [7, 11) is -5.79. The minimum absolute atomic E-state index is 0.0859. The molecule has 3 rings (SSSR count). The third-order valence-electron chi connectivity index (χ3n) is 4.15. The zero-order chi connectivity index (χ0) is 19.7. The lowest BCUT2D eigenvalue weighted by Gasteiger charge is -2.19. The first-order chi connectivity index (χ1) is 12.7. The van der Waals surface area contributed by atoms with Crippen molar-refractivity contribution in [2.75, 3.05) is 11.4 Å². The fraction of sp³-hybridized carbons (Fsp3) is 0.278. The van der Waals surface area contributed by atoms with Crippen LogP contribution >= 0.6 is 0 Å². The molecule has 5 nitrogen and oxygen atoms in total.